The number of halogens is 1. The van der Waals surface area contributed by atoms with Crippen LogP contribution in [0, 0.1) is 5.82 Å². The van der Waals surface area contributed by atoms with Crippen molar-refractivity contribution in [3.05, 3.63) is 89.7 Å². The van der Waals surface area contributed by atoms with E-state index in [1.165, 1.54) is 12.1 Å². The average molecular weight is 366 g/mol. The largest absolute Gasteiger partial charge is 0.397 e. The number of benzene rings is 3. The van der Waals surface area contributed by atoms with Gasteiger partial charge in [-0.15, -0.1) is 11.8 Å². The zero-order valence-electron chi connectivity index (χ0n) is 14.1. The number of aryl methyl sites for hydroxylation is 1. The van der Waals surface area contributed by atoms with E-state index in [2.05, 4.69) is 5.32 Å². The molecule has 0 fully saturated rings. The van der Waals surface area contributed by atoms with Crippen LogP contribution in [0.4, 0.5) is 15.8 Å². The Morgan fingerprint density at radius 1 is 0.962 bits per heavy atom. The molecule has 0 saturated carbocycles. The van der Waals surface area contributed by atoms with Crippen molar-refractivity contribution in [1.29, 1.82) is 0 Å². The van der Waals surface area contributed by atoms with Crippen LogP contribution in [0.1, 0.15) is 15.9 Å². The van der Waals surface area contributed by atoms with Gasteiger partial charge in [0.2, 0.25) is 0 Å². The molecule has 0 saturated heterocycles. The Morgan fingerprint density at radius 2 is 1.65 bits per heavy atom. The summed E-state index contributed by atoms with van der Waals surface area (Å²) in [5.74, 6) is 0.480. The molecule has 1 amide bonds. The standard InChI is InChI=1S/C21H19FN2OS/c22-17-9-11-18(12-10-17)26-14-13-15-5-7-16(8-6-15)21(25)24-20-4-2-1-3-19(20)23/h1-12H,13-14,23H2,(H,24,25). The van der Waals surface area contributed by atoms with Gasteiger partial charge in [0.1, 0.15) is 5.82 Å². The van der Waals surface area contributed by atoms with Gasteiger partial charge >= 0.3 is 0 Å². The molecule has 26 heavy (non-hydrogen) atoms. The predicted molar refractivity (Wildman–Crippen MR) is 106 cm³/mol. The van der Waals surface area contributed by atoms with Gasteiger partial charge in [-0.2, -0.15) is 0 Å². The number of nitrogens with one attached hydrogen (secondary N) is 1. The molecule has 3 aromatic carbocycles. The van der Waals surface area contributed by atoms with E-state index in [-0.39, 0.29) is 11.7 Å². The van der Waals surface area contributed by atoms with Crippen LogP contribution >= 0.6 is 11.8 Å². The topological polar surface area (TPSA) is 55.1 Å². The summed E-state index contributed by atoms with van der Waals surface area (Å²) >= 11 is 1.68. The van der Waals surface area contributed by atoms with Crippen LogP contribution in [-0.2, 0) is 6.42 Å². The number of para-hydroxylation sites is 2. The van der Waals surface area contributed by atoms with Gasteiger partial charge in [-0.05, 0) is 60.5 Å². The van der Waals surface area contributed by atoms with Crippen molar-refractivity contribution in [3.8, 4) is 0 Å². The van der Waals surface area contributed by atoms with Crippen LogP contribution < -0.4 is 11.1 Å². The van der Waals surface area contributed by atoms with Crippen molar-refractivity contribution in [2.75, 3.05) is 16.8 Å². The summed E-state index contributed by atoms with van der Waals surface area (Å²) in [4.78, 5) is 13.3. The van der Waals surface area contributed by atoms with Crippen LogP contribution in [-0.4, -0.2) is 11.7 Å². The quantitative estimate of drug-likeness (QED) is 0.477. The lowest BCUT2D eigenvalue weighted by Gasteiger charge is -2.08. The summed E-state index contributed by atoms with van der Waals surface area (Å²) in [6.07, 6.45) is 0.871. The minimum Gasteiger partial charge on any atom is -0.397 e. The normalized spacial score (nSPS) is 10.5. The number of carbonyl (C=O) groups is 1. The molecule has 0 aliphatic heterocycles. The highest BCUT2D eigenvalue weighted by molar-refractivity contribution is 7.99. The first-order valence-electron chi connectivity index (χ1n) is 8.25. The Balaban J connectivity index is 1.53. The second-order valence-electron chi connectivity index (χ2n) is 5.79. The number of hydrogen-bond acceptors (Lipinski definition) is 3. The number of carbonyl (C=O) groups excluding carboxylic acids is 1. The second kappa shape index (κ2) is 8.54. The Kier molecular flexibility index (Phi) is 5.92. The molecular weight excluding hydrogens is 347 g/mol. The highest BCUT2D eigenvalue weighted by Crippen LogP contribution is 2.20. The second-order valence-corrected chi connectivity index (χ2v) is 6.96. The number of rotatable bonds is 6. The number of hydrogen-bond donors (Lipinski definition) is 2. The molecule has 5 heteroatoms. The van der Waals surface area contributed by atoms with Crippen molar-refractivity contribution in [1.82, 2.24) is 0 Å². The van der Waals surface area contributed by atoms with Gasteiger partial charge in [0.15, 0.2) is 0 Å². The van der Waals surface area contributed by atoms with Crippen molar-refractivity contribution in [2.45, 2.75) is 11.3 Å². The molecule has 132 valence electrons. The molecule has 3 aromatic rings. The summed E-state index contributed by atoms with van der Waals surface area (Å²) in [6.45, 7) is 0. The van der Waals surface area contributed by atoms with E-state index in [1.807, 2.05) is 36.4 Å². The van der Waals surface area contributed by atoms with Crippen LogP contribution in [0.5, 0.6) is 0 Å². The molecule has 3 N–H and O–H groups in total. The van der Waals surface area contributed by atoms with E-state index in [0.717, 1.165) is 22.6 Å². The van der Waals surface area contributed by atoms with E-state index in [4.69, 9.17) is 5.73 Å². The highest BCUT2D eigenvalue weighted by atomic mass is 32.2. The van der Waals surface area contributed by atoms with E-state index < -0.39 is 0 Å². The monoisotopic (exact) mass is 366 g/mol. The molecule has 0 aliphatic carbocycles. The van der Waals surface area contributed by atoms with Gasteiger partial charge in [0.05, 0.1) is 11.4 Å². The number of amides is 1. The molecule has 0 bridgehead atoms. The smallest absolute Gasteiger partial charge is 0.255 e. The van der Waals surface area contributed by atoms with Crippen molar-refractivity contribution in [2.24, 2.45) is 0 Å². The van der Waals surface area contributed by atoms with E-state index in [9.17, 15) is 9.18 Å². The molecule has 3 rings (SSSR count). The van der Waals surface area contributed by atoms with Gasteiger partial charge in [-0.25, -0.2) is 4.39 Å². The number of nitrogens with two attached hydrogens (primary N) is 1. The lowest BCUT2D eigenvalue weighted by molar-refractivity contribution is 0.102. The summed E-state index contributed by atoms with van der Waals surface area (Å²) < 4.78 is 12.9. The first-order chi connectivity index (χ1) is 12.6. The summed E-state index contributed by atoms with van der Waals surface area (Å²) in [5.41, 5.74) is 8.72. The van der Waals surface area contributed by atoms with Gasteiger partial charge in [-0.1, -0.05) is 24.3 Å². The zero-order valence-corrected chi connectivity index (χ0v) is 14.9. The van der Waals surface area contributed by atoms with Crippen molar-refractivity contribution < 1.29 is 9.18 Å². The van der Waals surface area contributed by atoms with Gasteiger partial charge in [0, 0.05) is 16.2 Å². The molecule has 3 nitrogen and oxygen atoms in total. The van der Waals surface area contributed by atoms with Gasteiger partial charge in [0.25, 0.3) is 5.91 Å². The fourth-order valence-electron chi connectivity index (χ4n) is 2.45. The number of anilines is 2. The molecule has 0 radical (unpaired) electrons. The molecule has 0 atom stereocenters. The lowest BCUT2D eigenvalue weighted by Crippen LogP contribution is -2.13. The summed E-state index contributed by atoms with van der Waals surface area (Å²) in [6, 6.07) is 21.2. The maximum atomic E-state index is 12.9. The third kappa shape index (κ3) is 4.86. The average Bonchev–Trinajstić information content (AvgIpc) is 2.66. The highest BCUT2D eigenvalue weighted by Gasteiger charge is 2.07. The molecule has 0 aromatic heterocycles. The maximum absolute atomic E-state index is 12.9. The fourth-order valence-corrected chi connectivity index (χ4v) is 3.35. The van der Waals surface area contributed by atoms with Crippen LogP contribution in [0.15, 0.2) is 77.7 Å². The van der Waals surface area contributed by atoms with Crippen LogP contribution in [0.2, 0.25) is 0 Å². The van der Waals surface area contributed by atoms with Crippen LogP contribution in [0.3, 0.4) is 0 Å². The Hall–Kier alpha value is -2.79. The molecule has 0 unspecified atom stereocenters. The van der Waals surface area contributed by atoms with Gasteiger partial charge in [-0.3, -0.25) is 4.79 Å². The van der Waals surface area contributed by atoms with Gasteiger partial charge < -0.3 is 11.1 Å². The predicted octanol–water partition coefficient (Wildman–Crippen LogP) is 5.00. The van der Waals surface area contributed by atoms with Crippen molar-refractivity contribution >= 4 is 29.0 Å². The maximum Gasteiger partial charge on any atom is 0.255 e. The Labute approximate surface area is 156 Å². The first-order valence-corrected chi connectivity index (χ1v) is 9.23. The minimum absolute atomic E-state index is 0.185. The zero-order chi connectivity index (χ0) is 18.4. The molecule has 0 aliphatic rings. The van der Waals surface area contributed by atoms with E-state index >= 15 is 0 Å². The third-order valence-corrected chi connectivity index (χ3v) is 4.91. The molecule has 0 heterocycles. The molecule has 0 spiro atoms. The van der Waals surface area contributed by atoms with E-state index in [0.29, 0.717) is 16.9 Å². The lowest BCUT2D eigenvalue weighted by atomic mass is 10.1. The summed E-state index contributed by atoms with van der Waals surface area (Å²) in [7, 11) is 0. The summed E-state index contributed by atoms with van der Waals surface area (Å²) in [5, 5.41) is 2.82. The Bertz CT molecular complexity index is 879. The van der Waals surface area contributed by atoms with Crippen LogP contribution in [0.25, 0.3) is 0 Å². The SMILES string of the molecule is Nc1ccccc1NC(=O)c1ccc(CCSc2ccc(F)cc2)cc1. The number of nitrogen functional groups attached to an aromatic ring is 1. The first kappa shape index (κ1) is 18.0. The third-order valence-electron chi connectivity index (χ3n) is 3.90. The van der Waals surface area contributed by atoms with E-state index in [1.54, 1.807) is 36.0 Å². The fraction of sp³-hybridized carbons (Fsp3) is 0.0952. The van der Waals surface area contributed by atoms with Crippen molar-refractivity contribution in [3.63, 3.8) is 0 Å². The molecular formula is C21H19FN2OS. The number of thioether (sulfide) groups is 1. The Morgan fingerprint density at radius 3 is 2.35 bits per heavy atom. The minimum atomic E-state index is -0.222.